The molecule has 4 rings (SSSR count). The van der Waals surface area contributed by atoms with E-state index in [1.165, 1.54) is 7.11 Å². The molecule has 0 radical (unpaired) electrons. The first-order valence-electron chi connectivity index (χ1n) is 13.2. The number of benzene rings is 2. The van der Waals surface area contributed by atoms with Crippen molar-refractivity contribution in [1.29, 1.82) is 0 Å². The lowest BCUT2D eigenvalue weighted by atomic mass is 9.96. The summed E-state index contributed by atoms with van der Waals surface area (Å²) < 4.78 is 16.9. The van der Waals surface area contributed by atoms with Gasteiger partial charge in [-0.2, -0.15) is 0 Å². The van der Waals surface area contributed by atoms with E-state index < -0.39 is 11.8 Å². The summed E-state index contributed by atoms with van der Waals surface area (Å²) in [7, 11) is 6.94. The Morgan fingerprint density at radius 2 is 1.62 bits per heavy atom. The number of amides is 3. The van der Waals surface area contributed by atoms with Gasteiger partial charge < -0.3 is 29.3 Å². The molecule has 1 atom stereocenters. The van der Waals surface area contributed by atoms with Crippen LogP contribution in [0.2, 0.25) is 0 Å². The fraction of sp³-hybridized carbons (Fsp3) is 0.483. The molecule has 10 nitrogen and oxygen atoms in total. The number of likely N-dealkylation sites (N-methyl/N-ethyl adjacent to an activating group) is 1. The van der Waals surface area contributed by atoms with Gasteiger partial charge in [-0.05, 0) is 51.4 Å². The van der Waals surface area contributed by atoms with Crippen LogP contribution in [-0.2, 0) is 9.53 Å². The summed E-state index contributed by atoms with van der Waals surface area (Å²) in [5, 5.41) is 2.95. The highest BCUT2D eigenvalue weighted by molar-refractivity contribution is 5.99. The van der Waals surface area contributed by atoms with Crippen molar-refractivity contribution in [3.63, 3.8) is 0 Å². The van der Waals surface area contributed by atoms with Crippen LogP contribution in [0.1, 0.15) is 39.1 Å². The third-order valence-corrected chi connectivity index (χ3v) is 7.40. The average molecular weight is 539 g/mol. The Morgan fingerprint density at radius 1 is 0.974 bits per heavy atom. The van der Waals surface area contributed by atoms with E-state index in [4.69, 9.17) is 14.2 Å². The SMILES string of the molecule is COc1ccc(C(=O)N2CCC3(CC2)OC[C@@H](C(=O)NCCN(C)C)N3C(=O)c2ccc(C)cc2)cc1OC. The number of hydrogen-bond acceptors (Lipinski definition) is 7. The first-order valence-corrected chi connectivity index (χ1v) is 13.2. The van der Waals surface area contributed by atoms with Gasteiger partial charge >= 0.3 is 0 Å². The largest absolute Gasteiger partial charge is 0.493 e. The van der Waals surface area contributed by atoms with E-state index in [1.54, 1.807) is 47.2 Å². The highest BCUT2D eigenvalue weighted by atomic mass is 16.5. The Balaban J connectivity index is 1.54. The predicted molar refractivity (Wildman–Crippen MR) is 146 cm³/mol. The molecule has 2 saturated heterocycles. The number of nitrogens with one attached hydrogen (secondary N) is 1. The zero-order valence-corrected chi connectivity index (χ0v) is 23.4. The Kier molecular flexibility index (Phi) is 8.76. The second-order valence-electron chi connectivity index (χ2n) is 10.3. The highest BCUT2D eigenvalue weighted by Gasteiger charge is 2.54. The number of carbonyl (C=O) groups is 3. The van der Waals surface area contributed by atoms with Crippen molar-refractivity contribution in [3.8, 4) is 11.5 Å². The molecule has 1 spiro atoms. The number of hydrogen-bond donors (Lipinski definition) is 1. The molecule has 2 aromatic rings. The van der Waals surface area contributed by atoms with E-state index >= 15 is 0 Å². The molecule has 210 valence electrons. The summed E-state index contributed by atoms with van der Waals surface area (Å²) in [4.78, 5) is 45.7. The summed E-state index contributed by atoms with van der Waals surface area (Å²) >= 11 is 0. The number of likely N-dealkylation sites (tertiary alicyclic amines) is 1. The van der Waals surface area contributed by atoms with Crippen molar-refractivity contribution < 1.29 is 28.6 Å². The summed E-state index contributed by atoms with van der Waals surface area (Å²) in [5.74, 6) is 0.399. The number of ether oxygens (including phenoxy) is 3. The monoisotopic (exact) mass is 538 g/mol. The first-order chi connectivity index (χ1) is 18.7. The third-order valence-electron chi connectivity index (χ3n) is 7.40. The van der Waals surface area contributed by atoms with Crippen LogP contribution in [0.3, 0.4) is 0 Å². The molecule has 0 bridgehead atoms. The molecule has 2 aliphatic rings. The van der Waals surface area contributed by atoms with Gasteiger partial charge in [-0.1, -0.05) is 17.7 Å². The molecular weight excluding hydrogens is 500 g/mol. The van der Waals surface area contributed by atoms with Gasteiger partial charge in [0.25, 0.3) is 11.8 Å². The van der Waals surface area contributed by atoms with Gasteiger partial charge in [0.1, 0.15) is 11.8 Å². The number of rotatable bonds is 8. The first kappa shape index (κ1) is 28.4. The molecule has 2 aliphatic heterocycles. The maximum absolute atomic E-state index is 13.8. The molecule has 0 saturated carbocycles. The van der Waals surface area contributed by atoms with E-state index in [2.05, 4.69) is 5.32 Å². The molecule has 0 unspecified atom stereocenters. The number of nitrogens with zero attached hydrogens (tertiary/aromatic N) is 3. The Hall–Kier alpha value is -3.63. The zero-order chi connectivity index (χ0) is 28.2. The van der Waals surface area contributed by atoms with Gasteiger partial charge in [-0.25, -0.2) is 0 Å². The van der Waals surface area contributed by atoms with Crippen molar-refractivity contribution in [3.05, 3.63) is 59.2 Å². The van der Waals surface area contributed by atoms with Gasteiger partial charge in [-0.3, -0.25) is 19.3 Å². The predicted octanol–water partition coefficient (Wildman–Crippen LogP) is 2.16. The molecule has 2 fully saturated rings. The summed E-state index contributed by atoms with van der Waals surface area (Å²) in [5.41, 5.74) is 1.06. The lowest BCUT2D eigenvalue weighted by Gasteiger charge is -2.44. The zero-order valence-electron chi connectivity index (χ0n) is 23.4. The van der Waals surface area contributed by atoms with Crippen LogP contribution in [0.25, 0.3) is 0 Å². The van der Waals surface area contributed by atoms with Crippen LogP contribution in [0.15, 0.2) is 42.5 Å². The second-order valence-corrected chi connectivity index (χ2v) is 10.3. The average Bonchev–Trinajstić information content (AvgIpc) is 3.30. The van der Waals surface area contributed by atoms with E-state index in [9.17, 15) is 14.4 Å². The van der Waals surface area contributed by atoms with Crippen molar-refractivity contribution in [2.75, 3.05) is 61.1 Å². The van der Waals surface area contributed by atoms with Gasteiger partial charge in [0.15, 0.2) is 11.5 Å². The molecule has 10 heteroatoms. The molecule has 2 heterocycles. The topological polar surface area (TPSA) is 101 Å². The van der Waals surface area contributed by atoms with Gasteiger partial charge in [0, 0.05) is 50.1 Å². The maximum atomic E-state index is 13.8. The lowest BCUT2D eigenvalue weighted by Crippen LogP contribution is -2.60. The molecule has 3 amide bonds. The number of carbonyl (C=O) groups excluding carboxylic acids is 3. The van der Waals surface area contributed by atoms with Crippen molar-refractivity contribution in [1.82, 2.24) is 20.0 Å². The van der Waals surface area contributed by atoms with E-state index in [-0.39, 0.29) is 24.3 Å². The van der Waals surface area contributed by atoms with Crippen LogP contribution >= 0.6 is 0 Å². The Bertz CT molecular complexity index is 1190. The van der Waals surface area contributed by atoms with Crippen LogP contribution < -0.4 is 14.8 Å². The van der Waals surface area contributed by atoms with Crippen molar-refractivity contribution in [2.45, 2.75) is 31.5 Å². The lowest BCUT2D eigenvalue weighted by molar-refractivity contribution is -0.128. The van der Waals surface area contributed by atoms with Gasteiger partial charge in [-0.15, -0.1) is 0 Å². The van der Waals surface area contributed by atoms with Crippen LogP contribution in [0.5, 0.6) is 11.5 Å². The quantitative estimate of drug-likeness (QED) is 0.550. The van der Waals surface area contributed by atoms with E-state index in [0.29, 0.717) is 61.6 Å². The number of methoxy groups -OCH3 is 2. The van der Waals surface area contributed by atoms with Crippen LogP contribution in [0, 0.1) is 6.92 Å². The molecule has 1 N–H and O–H groups in total. The molecule has 0 aromatic heterocycles. The minimum Gasteiger partial charge on any atom is -0.493 e. The standard InChI is InChI=1S/C29H38N4O6/c1-20-6-8-21(9-7-20)28(36)33-23(26(34)30-14-17-31(2)3)19-39-29(33)12-15-32(16-13-29)27(35)22-10-11-24(37-4)25(18-22)38-5/h6-11,18,23H,12-17,19H2,1-5H3,(H,30,34)/t23-/m0/s1. The van der Waals surface area contributed by atoms with Crippen molar-refractivity contribution in [2.24, 2.45) is 0 Å². The molecule has 0 aliphatic carbocycles. The number of piperidine rings is 1. The number of aryl methyl sites for hydroxylation is 1. The molecule has 39 heavy (non-hydrogen) atoms. The maximum Gasteiger partial charge on any atom is 0.256 e. The second kappa shape index (κ2) is 12.0. The molecular formula is C29H38N4O6. The third kappa shape index (κ3) is 6.02. The summed E-state index contributed by atoms with van der Waals surface area (Å²) in [6.07, 6.45) is 0.788. The Labute approximate surface area is 229 Å². The van der Waals surface area contributed by atoms with Crippen molar-refractivity contribution >= 4 is 17.7 Å². The van der Waals surface area contributed by atoms with Crippen LogP contribution in [-0.4, -0.2) is 105 Å². The van der Waals surface area contributed by atoms with E-state index in [0.717, 1.165) is 5.56 Å². The van der Waals surface area contributed by atoms with E-state index in [1.807, 2.05) is 38.1 Å². The highest BCUT2D eigenvalue weighted by Crippen LogP contribution is 2.39. The van der Waals surface area contributed by atoms with Gasteiger partial charge in [0.05, 0.1) is 20.8 Å². The normalized spacial score (nSPS) is 18.4. The minimum absolute atomic E-state index is 0.106. The summed E-state index contributed by atoms with van der Waals surface area (Å²) in [6.45, 7) is 3.97. The summed E-state index contributed by atoms with van der Waals surface area (Å²) in [6, 6.07) is 11.6. The van der Waals surface area contributed by atoms with Gasteiger partial charge in [0.2, 0.25) is 5.91 Å². The van der Waals surface area contributed by atoms with Crippen LogP contribution in [0.4, 0.5) is 0 Å². The fourth-order valence-corrected chi connectivity index (χ4v) is 5.13. The minimum atomic E-state index is -0.972. The molecule has 2 aromatic carbocycles. The Morgan fingerprint density at radius 3 is 2.23 bits per heavy atom. The smallest absolute Gasteiger partial charge is 0.256 e. The fourth-order valence-electron chi connectivity index (χ4n) is 5.13.